The monoisotopic (exact) mass is 354 g/mol. The minimum atomic E-state index is 0.305. The molecule has 24 heavy (non-hydrogen) atoms. The summed E-state index contributed by atoms with van der Waals surface area (Å²) in [4.78, 5) is 20.0. The molecule has 5 nitrogen and oxygen atoms in total. The molecule has 0 aromatic heterocycles. The summed E-state index contributed by atoms with van der Waals surface area (Å²) in [6.45, 7) is 14.0. The van der Waals surface area contributed by atoms with E-state index in [1.165, 1.54) is 19.3 Å². The normalized spacial score (nSPS) is 31.3. The first-order valence-corrected chi connectivity index (χ1v) is 10.3. The third-order valence-electron chi connectivity index (χ3n) is 5.36. The van der Waals surface area contributed by atoms with Gasteiger partial charge in [0.2, 0.25) is 5.91 Å². The number of hydrogen-bond acceptors (Lipinski definition) is 5. The molecule has 3 aliphatic heterocycles. The van der Waals surface area contributed by atoms with Gasteiger partial charge in [-0.3, -0.25) is 23.8 Å². The molecule has 2 atom stereocenters. The Morgan fingerprint density at radius 1 is 1.12 bits per heavy atom. The van der Waals surface area contributed by atoms with E-state index < -0.39 is 0 Å². The molecule has 2 unspecified atom stereocenters. The van der Waals surface area contributed by atoms with E-state index in [0.717, 1.165) is 39.3 Å². The van der Waals surface area contributed by atoms with Gasteiger partial charge in [0.1, 0.15) is 0 Å². The molecule has 0 spiro atoms. The molecule has 6 heteroatoms. The number of fused-ring (bicyclic) bond motifs is 1. The van der Waals surface area contributed by atoms with Crippen molar-refractivity contribution in [1.82, 2.24) is 19.0 Å². The third kappa shape index (κ3) is 4.65. The predicted molar refractivity (Wildman–Crippen MR) is 101 cm³/mol. The van der Waals surface area contributed by atoms with Gasteiger partial charge in [-0.25, -0.2) is 0 Å². The van der Waals surface area contributed by atoms with Crippen LogP contribution in [-0.2, 0) is 4.79 Å². The number of carbonyl (C=O) groups is 1. The quantitative estimate of drug-likeness (QED) is 0.723. The van der Waals surface area contributed by atoms with E-state index in [4.69, 9.17) is 0 Å². The fourth-order valence-corrected chi connectivity index (χ4v) is 5.36. The van der Waals surface area contributed by atoms with E-state index in [0.29, 0.717) is 29.3 Å². The summed E-state index contributed by atoms with van der Waals surface area (Å²) in [5.41, 5.74) is 0.328. The van der Waals surface area contributed by atoms with Crippen LogP contribution >= 0.6 is 11.9 Å². The van der Waals surface area contributed by atoms with Gasteiger partial charge in [-0.05, 0) is 43.8 Å². The zero-order chi connectivity index (χ0) is 17.3. The number of nitrogens with zero attached hydrogens (tertiary/aromatic N) is 4. The summed E-state index contributed by atoms with van der Waals surface area (Å²) < 4.78 is 2.08. The number of likely N-dealkylation sites (N-methyl/N-ethyl adjacent to an activating group) is 1. The lowest BCUT2D eigenvalue weighted by molar-refractivity contribution is -0.132. The van der Waals surface area contributed by atoms with Gasteiger partial charge in [-0.2, -0.15) is 0 Å². The highest BCUT2D eigenvalue weighted by Gasteiger charge is 2.37. The average molecular weight is 355 g/mol. The summed E-state index contributed by atoms with van der Waals surface area (Å²) in [6.07, 6.45) is 3.82. The largest absolute Gasteiger partial charge is 0.299 e. The number of piperazine rings is 2. The van der Waals surface area contributed by atoms with Crippen LogP contribution in [0.5, 0.6) is 0 Å². The van der Waals surface area contributed by atoms with Gasteiger partial charge in [-0.1, -0.05) is 27.2 Å². The summed E-state index contributed by atoms with van der Waals surface area (Å²) in [5, 5.41) is 0.389. The van der Waals surface area contributed by atoms with Gasteiger partial charge >= 0.3 is 0 Å². The first-order chi connectivity index (χ1) is 11.3. The molecule has 0 N–H and O–H groups in total. The molecule has 0 bridgehead atoms. The molecule has 0 aromatic rings. The standard InChI is InChI=1S/C18H34N4OS/c1-18(2,3)14-20-10-9-19(4)17(13-20)24-22-11-15-7-5-6-8-21(15)12-16(22)23/h15,17H,5-14H2,1-4H3. The van der Waals surface area contributed by atoms with Gasteiger partial charge in [-0.15, -0.1) is 0 Å². The maximum Gasteiger partial charge on any atom is 0.246 e. The molecule has 3 aliphatic rings. The Hall–Kier alpha value is -0.300. The molecule has 0 radical (unpaired) electrons. The van der Waals surface area contributed by atoms with Crippen LogP contribution in [0.15, 0.2) is 0 Å². The van der Waals surface area contributed by atoms with E-state index in [1.807, 2.05) is 0 Å². The number of piperidine rings is 1. The topological polar surface area (TPSA) is 30.0 Å². The van der Waals surface area contributed by atoms with Crippen molar-refractivity contribution in [2.24, 2.45) is 5.41 Å². The van der Waals surface area contributed by atoms with Gasteiger partial charge < -0.3 is 0 Å². The second-order valence-electron chi connectivity index (χ2n) is 8.91. The van der Waals surface area contributed by atoms with Gasteiger partial charge in [0.15, 0.2) is 0 Å². The average Bonchev–Trinajstić information content (AvgIpc) is 2.50. The van der Waals surface area contributed by atoms with Crippen LogP contribution in [0.4, 0.5) is 0 Å². The first-order valence-electron chi connectivity index (χ1n) is 9.46. The Kier molecular flexibility index (Phi) is 5.79. The van der Waals surface area contributed by atoms with Gasteiger partial charge in [0.25, 0.3) is 0 Å². The maximum atomic E-state index is 12.6. The summed E-state index contributed by atoms with van der Waals surface area (Å²) in [5.74, 6) is 0.305. The van der Waals surface area contributed by atoms with E-state index in [1.54, 1.807) is 11.9 Å². The van der Waals surface area contributed by atoms with Crippen molar-refractivity contribution in [1.29, 1.82) is 0 Å². The highest BCUT2D eigenvalue weighted by Crippen LogP contribution is 2.30. The van der Waals surface area contributed by atoms with Crippen LogP contribution in [0.25, 0.3) is 0 Å². The SMILES string of the molecule is CN1CCN(CC(C)(C)C)CC1SN1CC2CCCCN2CC1=O. The van der Waals surface area contributed by atoms with Gasteiger partial charge in [0, 0.05) is 38.8 Å². The molecule has 3 fully saturated rings. The second kappa shape index (κ2) is 7.52. The molecule has 0 saturated carbocycles. The number of amides is 1. The molecule has 3 heterocycles. The second-order valence-corrected chi connectivity index (χ2v) is 10.1. The highest BCUT2D eigenvalue weighted by atomic mass is 32.2. The van der Waals surface area contributed by atoms with Crippen molar-refractivity contribution in [3.8, 4) is 0 Å². The summed E-state index contributed by atoms with van der Waals surface area (Å²) in [7, 11) is 2.20. The molecule has 3 saturated heterocycles. The molecule has 138 valence electrons. The maximum absolute atomic E-state index is 12.6. The van der Waals surface area contributed by atoms with E-state index in [2.05, 4.69) is 46.8 Å². The highest BCUT2D eigenvalue weighted by molar-refractivity contribution is 7.98. The third-order valence-corrected chi connectivity index (χ3v) is 6.72. The number of rotatable bonds is 3. The Labute approximate surface area is 151 Å². The summed E-state index contributed by atoms with van der Waals surface area (Å²) >= 11 is 1.78. The zero-order valence-corrected chi connectivity index (χ0v) is 16.6. The van der Waals surface area contributed by atoms with Crippen molar-refractivity contribution in [3.05, 3.63) is 0 Å². The van der Waals surface area contributed by atoms with Crippen molar-refractivity contribution < 1.29 is 4.79 Å². The lowest BCUT2D eigenvalue weighted by Gasteiger charge is -2.46. The van der Waals surface area contributed by atoms with Crippen LogP contribution in [0.1, 0.15) is 40.0 Å². The zero-order valence-electron chi connectivity index (χ0n) is 15.8. The predicted octanol–water partition coefficient (Wildman–Crippen LogP) is 1.95. The minimum absolute atomic E-state index is 0.305. The summed E-state index contributed by atoms with van der Waals surface area (Å²) in [6, 6.07) is 0.587. The first kappa shape index (κ1) is 18.5. The van der Waals surface area contributed by atoms with Crippen molar-refractivity contribution in [2.45, 2.75) is 51.4 Å². The number of carbonyl (C=O) groups excluding carboxylic acids is 1. The van der Waals surface area contributed by atoms with Crippen LogP contribution in [0, 0.1) is 5.41 Å². The lowest BCUT2D eigenvalue weighted by Crippen LogP contribution is -2.58. The van der Waals surface area contributed by atoms with Crippen molar-refractivity contribution >= 4 is 17.9 Å². The molecular formula is C18H34N4OS. The Morgan fingerprint density at radius 2 is 1.92 bits per heavy atom. The van der Waals surface area contributed by atoms with Crippen LogP contribution in [0.2, 0.25) is 0 Å². The van der Waals surface area contributed by atoms with Crippen LogP contribution < -0.4 is 0 Å². The fraction of sp³-hybridized carbons (Fsp3) is 0.944. The van der Waals surface area contributed by atoms with E-state index >= 15 is 0 Å². The van der Waals surface area contributed by atoms with Crippen LogP contribution in [0.3, 0.4) is 0 Å². The number of hydrogen-bond donors (Lipinski definition) is 0. The molecular weight excluding hydrogens is 320 g/mol. The van der Waals surface area contributed by atoms with E-state index in [-0.39, 0.29) is 0 Å². The molecule has 3 rings (SSSR count). The molecule has 0 aliphatic carbocycles. The Balaban J connectivity index is 1.58. The van der Waals surface area contributed by atoms with Crippen molar-refractivity contribution in [2.75, 3.05) is 52.9 Å². The Morgan fingerprint density at radius 3 is 2.67 bits per heavy atom. The lowest BCUT2D eigenvalue weighted by atomic mass is 9.96. The molecule has 0 aromatic carbocycles. The van der Waals surface area contributed by atoms with E-state index in [9.17, 15) is 4.79 Å². The Bertz CT molecular complexity index is 453. The van der Waals surface area contributed by atoms with Gasteiger partial charge in [0.05, 0.1) is 11.9 Å². The smallest absolute Gasteiger partial charge is 0.246 e. The fourth-order valence-electron chi connectivity index (χ4n) is 4.09. The minimum Gasteiger partial charge on any atom is -0.299 e. The molecule has 1 amide bonds. The van der Waals surface area contributed by atoms with Crippen molar-refractivity contribution in [3.63, 3.8) is 0 Å². The van der Waals surface area contributed by atoms with Crippen LogP contribution in [-0.4, -0.2) is 89.2 Å².